The van der Waals surface area contributed by atoms with Crippen LogP contribution >= 0.6 is 0 Å². The van der Waals surface area contributed by atoms with Crippen molar-refractivity contribution in [1.29, 1.82) is 0 Å². The molecule has 1 unspecified atom stereocenters. The molecule has 1 atom stereocenters. The van der Waals surface area contributed by atoms with E-state index in [0.29, 0.717) is 6.61 Å². The number of hydrogen-bond donors (Lipinski definition) is 0. The first-order valence-corrected chi connectivity index (χ1v) is 4.03. The minimum absolute atomic E-state index is 0.352. The van der Waals surface area contributed by atoms with Crippen LogP contribution in [0.3, 0.4) is 0 Å². The molecule has 3 nitrogen and oxygen atoms in total. The van der Waals surface area contributed by atoms with Gasteiger partial charge in [-0.25, -0.2) is 0 Å². The minimum atomic E-state index is -0.481. The van der Waals surface area contributed by atoms with E-state index in [1.165, 1.54) is 0 Å². The highest BCUT2D eigenvalue weighted by Gasteiger charge is 2.37. The smallest absolute Gasteiger partial charge is 0.168 e. The maximum Gasteiger partial charge on any atom is 0.168 e. The molecular weight excluding hydrogens is 144 g/mol. The molecule has 0 aromatic heterocycles. The van der Waals surface area contributed by atoms with Gasteiger partial charge in [-0.3, -0.25) is 0 Å². The monoisotopic (exact) mass is 158 g/mol. The zero-order valence-electron chi connectivity index (χ0n) is 7.00. The van der Waals surface area contributed by atoms with Crippen molar-refractivity contribution in [2.45, 2.75) is 38.6 Å². The number of ether oxygens (including phenoxy) is 2. The van der Waals surface area contributed by atoms with Crippen molar-refractivity contribution in [2.75, 3.05) is 6.61 Å². The van der Waals surface area contributed by atoms with E-state index in [-0.39, 0.29) is 6.10 Å². The molecule has 0 spiro atoms. The van der Waals surface area contributed by atoms with Crippen LogP contribution in [0.4, 0.5) is 0 Å². The number of carbonyl (C=O) groups is 1. The van der Waals surface area contributed by atoms with Gasteiger partial charge < -0.3 is 14.3 Å². The van der Waals surface area contributed by atoms with Crippen molar-refractivity contribution in [2.24, 2.45) is 0 Å². The number of aldehydes is 1. The van der Waals surface area contributed by atoms with Gasteiger partial charge >= 0.3 is 0 Å². The van der Waals surface area contributed by atoms with Crippen LogP contribution in [-0.4, -0.2) is 24.8 Å². The summed E-state index contributed by atoms with van der Waals surface area (Å²) in [5.74, 6) is -0.481. The molecule has 1 fully saturated rings. The molecule has 0 aliphatic carbocycles. The lowest BCUT2D eigenvalue weighted by Crippen LogP contribution is -2.29. The van der Waals surface area contributed by atoms with Crippen LogP contribution in [0.25, 0.3) is 0 Å². The molecule has 3 heteroatoms. The summed E-state index contributed by atoms with van der Waals surface area (Å²) in [7, 11) is 0. The van der Waals surface area contributed by atoms with Gasteiger partial charge in [0.2, 0.25) is 0 Å². The van der Waals surface area contributed by atoms with Gasteiger partial charge in [0.25, 0.3) is 0 Å². The molecule has 1 saturated heterocycles. The first-order valence-electron chi connectivity index (χ1n) is 4.03. The zero-order valence-corrected chi connectivity index (χ0v) is 7.00. The number of carbonyl (C=O) groups excluding carboxylic acids is 1. The molecule has 1 aliphatic heterocycles. The summed E-state index contributed by atoms with van der Waals surface area (Å²) in [6.45, 7) is 4.40. The molecule has 1 heterocycles. The predicted molar refractivity (Wildman–Crippen MR) is 40.2 cm³/mol. The third-order valence-electron chi connectivity index (χ3n) is 2.11. The van der Waals surface area contributed by atoms with Gasteiger partial charge in [0, 0.05) is 0 Å². The van der Waals surface area contributed by atoms with Crippen LogP contribution in [0.5, 0.6) is 0 Å². The standard InChI is InChI=1S/C8H14O3/c1-3-8(4-2)10-6-7(5-9)11-8/h5,7H,3-4,6H2,1-2H3. The lowest BCUT2D eigenvalue weighted by Gasteiger charge is -2.23. The summed E-state index contributed by atoms with van der Waals surface area (Å²) in [6.07, 6.45) is 2.05. The second kappa shape index (κ2) is 3.32. The lowest BCUT2D eigenvalue weighted by atomic mass is 10.1. The largest absolute Gasteiger partial charge is 0.347 e. The Bertz CT molecular complexity index is 140. The number of rotatable bonds is 3. The van der Waals surface area contributed by atoms with E-state index in [9.17, 15) is 4.79 Å². The molecule has 64 valence electrons. The van der Waals surface area contributed by atoms with Crippen molar-refractivity contribution in [3.63, 3.8) is 0 Å². The van der Waals surface area contributed by atoms with E-state index < -0.39 is 5.79 Å². The molecule has 0 amide bonds. The van der Waals surface area contributed by atoms with Gasteiger partial charge in [-0.05, 0) is 12.8 Å². The van der Waals surface area contributed by atoms with Gasteiger partial charge in [-0.15, -0.1) is 0 Å². The van der Waals surface area contributed by atoms with Gasteiger partial charge in [-0.2, -0.15) is 0 Å². The molecule has 1 aliphatic rings. The quantitative estimate of drug-likeness (QED) is 0.577. The Morgan fingerprint density at radius 2 is 2.18 bits per heavy atom. The summed E-state index contributed by atoms with van der Waals surface area (Å²) >= 11 is 0. The first-order chi connectivity index (χ1) is 5.26. The zero-order chi connectivity index (χ0) is 8.32. The van der Waals surface area contributed by atoms with Crippen molar-refractivity contribution < 1.29 is 14.3 Å². The van der Waals surface area contributed by atoms with Gasteiger partial charge in [0.15, 0.2) is 12.1 Å². The second-order valence-electron chi connectivity index (χ2n) is 2.72. The van der Waals surface area contributed by atoms with Crippen molar-refractivity contribution in [3.05, 3.63) is 0 Å². The Hall–Kier alpha value is -0.410. The SMILES string of the molecule is CCC1(CC)OCC(C=O)O1. The highest BCUT2D eigenvalue weighted by Crippen LogP contribution is 2.29. The summed E-state index contributed by atoms with van der Waals surface area (Å²) in [4.78, 5) is 10.3. The third-order valence-corrected chi connectivity index (χ3v) is 2.11. The van der Waals surface area contributed by atoms with Gasteiger partial charge in [-0.1, -0.05) is 13.8 Å². The highest BCUT2D eigenvalue weighted by molar-refractivity contribution is 5.56. The van der Waals surface area contributed by atoms with Crippen LogP contribution in [-0.2, 0) is 14.3 Å². The van der Waals surface area contributed by atoms with Crippen molar-refractivity contribution in [1.82, 2.24) is 0 Å². The first kappa shape index (κ1) is 8.68. The van der Waals surface area contributed by atoms with E-state index in [1.54, 1.807) is 0 Å². The fraction of sp³-hybridized carbons (Fsp3) is 0.875. The molecular formula is C8H14O3. The molecule has 0 aromatic carbocycles. The predicted octanol–water partition coefficient (Wildman–Crippen LogP) is 1.12. The normalized spacial score (nSPS) is 28.7. The van der Waals surface area contributed by atoms with Crippen LogP contribution in [0.15, 0.2) is 0 Å². The molecule has 0 saturated carbocycles. The van der Waals surface area contributed by atoms with Crippen LogP contribution in [0, 0.1) is 0 Å². The minimum Gasteiger partial charge on any atom is -0.347 e. The fourth-order valence-corrected chi connectivity index (χ4v) is 1.27. The Kier molecular flexibility index (Phi) is 2.62. The molecule has 0 aromatic rings. The molecule has 0 bridgehead atoms. The molecule has 0 N–H and O–H groups in total. The Balaban J connectivity index is 2.54. The Labute approximate surface area is 66.7 Å². The second-order valence-corrected chi connectivity index (χ2v) is 2.72. The Morgan fingerprint density at radius 1 is 1.55 bits per heavy atom. The van der Waals surface area contributed by atoms with Crippen LogP contribution < -0.4 is 0 Å². The van der Waals surface area contributed by atoms with E-state index in [0.717, 1.165) is 19.1 Å². The summed E-state index contributed by atoms with van der Waals surface area (Å²) < 4.78 is 10.8. The van der Waals surface area contributed by atoms with Crippen LogP contribution in [0.1, 0.15) is 26.7 Å². The average molecular weight is 158 g/mol. The topological polar surface area (TPSA) is 35.5 Å². The van der Waals surface area contributed by atoms with E-state index in [2.05, 4.69) is 0 Å². The third kappa shape index (κ3) is 1.60. The maximum absolute atomic E-state index is 10.3. The summed E-state index contributed by atoms with van der Waals surface area (Å²) in [5.41, 5.74) is 0. The van der Waals surface area contributed by atoms with Crippen LogP contribution in [0.2, 0.25) is 0 Å². The maximum atomic E-state index is 10.3. The van der Waals surface area contributed by atoms with Crippen molar-refractivity contribution >= 4 is 6.29 Å². The van der Waals surface area contributed by atoms with E-state index >= 15 is 0 Å². The van der Waals surface area contributed by atoms with E-state index in [4.69, 9.17) is 9.47 Å². The molecule has 0 radical (unpaired) electrons. The van der Waals surface area contributed by atoms with Crippen molar-refractivity contribution in [3.8, 4) is 0 Å². The summed E-state index contributed by atoms with van der Waals surface area (Å²) in [6, 6.07) is 0. The Morgan fingerprint density at radius 3 is 2.45 bits per heavy atom. The highest BCUT2D eigenvalue weighted by atomic mass is 16.7. The average Bonchev–Trinajstić information content (AvgIpc) is 2.49. The molecule has 1 rings (SSSR count). The lowest BCUT2D eigenvalue weighted by molar-refractivity contribution is -0.172. The van der Waals surface area contributed by atoms with E-state index in [1.807, 2.05) is 13.8 Å². The molecule has 11 heavy (non-hydrogen) atoms. The summed E-state index contributed by atoms with van der Waals surface area (Å²) in [5, 5.41) is 0. The van der Waals surface area contributed by atoms with Gasteiger partial charge in [0.05, 0.1) is 6.61 Å². The fourth-order valence-electron chi connectivity index (χ4n) is 1.27. The number of hydrogen-bond acceptors (Lipinski definition) is 3. The van der Waals surface area contributed by atoms with Gasteiger partial charge in [0.1, 0.15) is 6.10 Å².